The molecule has 1 aliphatic rings. The van der Waals surface area contributed by atoms with Gasteiger partial charge in [0.1, 0.15) is 11.3 Å². The number of hydrogen-bond donors (Lipinski definition) is 1. The summed E-state index contributed by atoms with van der Waals surface area (Å²) in [6, 6.07) is 13.1. The first-order valence-electron chi connectivity index (χ1n) is 8.28. The first-order valence-corrected chi connectivity index (χ1v) is 8.28. The molecule has 0 bridgehead atoms. The highest BCUT2D eigenvalue weighted by Crippen LogP contribution is 2.28. The summed E-state index contributed by atoms with van der Waals surface area (Å²) in [5.41, 5.74) is 2.59. The van der Waals surface area contributed by atoms with E-state index in [0.717, 1.165) is 24.1 Å². The van der Waals surface area contributed by atoms with Crippen LogP contribution in [-0.2, 0) is 6.42 Å². The average molecular weight is 334 g/mol. The normalized spacial score (nSPS) is 13.6. The summed E-state index contributed by atoms with van der Waals surface area (Å²) in [4.78, 5) is 30.7. The molecule has 25 heavy (non-hydrogen) atoms. The molecule has 3 aromatic rings. The zero-order valence-electron chi connectivity index (χ0n) is 13.9. The van der Waals surface area contributed by atoms with Gasteiger partial charge in [-0.3, -0.25) is 9.59 Å². The number of hydrogen-bond acceptors (Lipinski definition) is 3. The number of aromatic amines is 1. The van der Waals surface area contributed by atoms with Crippen molar-refractivity contribution >= 4 is 22.5 Å². The summed E-state index contributed by atoms with van der Waals surface area (Å²) in [5.74, 6) is 0.323. The van der Waals surface area contributed by atoms with Crippen molar-refractivity contribution in [2.45, 2.75) is 12.8 Å². The molecule has 1 aromatic heterocycles. The third-order valence-corrected chi connectivity index (χ3v) is 4.67. The molecule has 126 valence electrons. The number of nitrogens with zero attached hydrogens (tertiary/aromatic N) is 1. The zero-order chi connectivity index (χ0) is 17.4. The van der Waals surface area contributed by atoms with Crippen LogP contribution < -0.4 is 15.1 Å². The van der Waals surface area contributed by atoms with Crippen LogP contribution in [0.3, 0.4) is 0 Å². The second kappa shape index (κ2) is 6.09. The summed E-state index contributed by atoms with van der Waals surface area (Å²) in [7, 11) is 1.55. The Morgan fingerprint density at radius 3 is 2.88 bits per heavy atom. The van der Waals surface area contributed by atoms with Gasteiger partial charge in [0, 0.05) is 29.3 Å². The summed E-state index contributed by atoms with van der Waals surface area (Å²) >= 11 is 0. The summed E-state index contributed by atoms with van der Waals surface area (Å²) < 4.78 is 5.19. The van der Waals surface area contributed by atoms with Gasteiger partial charge in [-0.15, -0.1) is 0 Å². The monoisotopic (exact) mass is 334 g/mol. The Morgan fingerprint density at radius 2 is 2.04 bits per heavy atom. The second-order valence-corrected chi connectivity index (χ2v) is 6.13. The van der Waals surface area contributed by atoms with Gasteiger partial charge in [0.25, 0.3) is 5.91 Å². The molecule has 1 amide bonds. The number of aryl methyl sites for hydroxylation is 1. The standard InChI is InChI=1S/C20H18N2O3/c1-25-14-8-9-17-15(11-14)19(23)16(12-21-17)20(24)22-10-4-6-13-5-2-3-7-18(13)22/h2-3,5,7-9,11-12H,4,6,10H2,1H3,(H,21,23). The van der Waals surface area contributed by atoms with Crippen LogP contribution in [0.4, 0.5) is 5.69 Å². The number of aromatic nitrogens is 1. The first kappa shape index (κ1) is 15.4. The Kier molecular flexibility index (Phi) is 3.76. The molecule has 1 N–H and O–H groups in total. The number of para-hydroxylation sites is 1. The van der Waals surface area contributed by atoms with Gasteiger partial charge in [-0.1, -0.05) is 18.2 Å². The maximum absolute atomic E-state index is 13.1. The van der Waals surface area contributed by atoms with Gasteiger partial charge in [-0.2, -0.15) is 0 Å². The minimum atomic E-state index is -0.277. The van der Waals surface area contributed by atoms with Gasteiger partial charge >= 0.3 is 0 Å². The largest absolute Gasteiger partial charge is 0.497 e. The second-order valence-electron chi connectivity index (χ2n) is 6.13. The SMILES string of the molecule is COc1ccc2[nH]cc(C(=O)N3CCCc4ccccc43)c(=O)c2c1. The zero-order valence-corrected chi connectivity index (χ0v) is 13.9. The van der Waals surface area contributed by atoms with Crippen molar-refractivity contribution in [3.8, 4) is 5.75 Å². The number of carbonyl (C=O) groups excluding carboxylic acids is 1. The highest BCUT2D eigenvalue weighted by molar-refractivity contribution is 6.08. The van der Waals surface area contributed by atoms with Crippen molar-refractivity contribution in [2.75, 3.05) is 18.6 Å². The van der Waals surface area contributed by atoms with Crippen LogP contribution in [0.25, 0.3) is 10.9 Å². The van der Waals surface area contributed by atoms with Crippen LogP contribution in [0.15, 0.2) is 53.5 Å². The fraction of sp³-hybridized carbons (Fsp3) is 0.200. The number of fused-ring (bicyclic) bond motifs is 2. The van der Waals surface area contributed by atoms with Crippen LogP contribution in [0, 0.1) is 0 Å². The molecule has 0 spiro atoms. The van der Waals surface area contributed by atoms with Gasteiger partial charge in [-0.05, 0) is 42.7 Å². The van der Waals surface area contributed by atoms with Crippen molar-refractivity contribution in [1.82, 2.24) is 4.98 Å². The molecule has 5 heteroatoms. The lowest BCUT2D eigenvalue weighted by Crippen LogP contribution is -2.38. The van der Waals surface area contributed by atoms with Gasteiger partial charge in [-0.25, -0.2) is 0 Å². The van der Waals surface area contributed by atoms with E-state index in [4.69, 9.17) is 4.74 Å². The average Bonchev–Trinajstić information content (AvgIpc) is 2.67. The molecular formula is C20H18N2O3. The lowest BCUT2D eigenvalue weighted by atomic mass is 10.0. The number of methoxy groups -OCH3 is 1. The lowest BCUT2D eigenvalue weighted by Gasteiger charge is -2.29. The number of nitrogens with one attached hydrogen (secondary N) is 1. The molecule has 0 aliphatic carbocycles. The van der Waals surface area contributed by atoms with E-state index >= 15 is 0 Å². The number of pyridine rings is 1. The van der Waals surface area contributed by atoms with E-state index in [0.29, 0.717) is 23.2 Å². The number of H-pyrrole nitrogens is 1. The molecule has 2 aromatic carbocycles. The molecule has 0 saturated heterocycles. The summed E-state index contributed by atoms with van der Waals surface area (Å²) in [6.45, 7) is 0.617. The van der Waals surface area contributed by atoms with Crippen molar-refractivity contribution in [3.05, 3.63) is 70.0 Å². The third kappa shape index (κ3) is 2.58. The van der Waals surface area contributed by atoms with Crippen LogP contribution in [-0.4, -0.2) is 24.5 Å². The van der Waals surface area contributed by atoms with Crippen molar-refractivity contribution in [1.29, 1.82) is 0 Å². The quantitative estimate of drug-likeness (QED) is 0.783. The van der Waals surface area contributed by atoms with E-state index in [2.05, 4.69) is 4.98 Å². The van der Waals surface area contributed by atoms with E-state index in [-0.39, 0.29) is 16.9 Å². The van der Waals surface area contributed by atoms with Crippen molar-refractivity contribution < 1.29 is 9.53 Å². The van der Waals surface area contributed by atoms with Gasteiger partial charge < -0.3 is 14.6 Å². The van der Waals surface area contributed by atoms with E-state index in [1.807, 2.05) is 24.3 Å². The van der Waals surface area contributed by atoms with E-state index < -0.39 is 0 Å². The van der Waals surface area contributed by atoms with Crippen LogP contribution in [0.2, 0.25) is 0 Å². The lowest BCUT2D eigenvalue weighted by molar-refractivity contribution is 0.0984. The number of amides is 1. The van der Waals surface area contributed by atoms with Crippen LogP contribution >= 0.6 is 0 Å². The maximum atomic E-state index is 13.1. The molecular weight excluding hydrogens is 316 g/mol. The molecule has 0 unspecified atom stereocenters. The Hall–Kier alpha value is -3.08. The summed E-state index contributed by atoms with van der Waals surface area (Å²) in [5, 5.41) is 0.454. The Bertz CT molecular complexity index is 1020. The van der Waals surface area contributed by atoms with Gasteiger partial charge in [0.2, 0.25) is 5.43 Å². The number of anilines is 1. The van der Waals surface area contributed by atoms with Gasteiger partial charge in [0.05, 0.1) is 7.11 Å². The van der Waals surface area contributed by atoms with E-state index in [9.17, 15) is 9.59 Å². The Labute approximate surface area is 144 Å². The molecule has 0 saturated carbocycles. The van der Waals surface area contributed by atoms with Crippen molar-refractivity contribution in [3.63, 3.8) is 0 Å². The third-order valence-electron chi connectivity index (χ3n) is 4.67. The molecule has 1 aliphatic heterocycles. The number of rotatable bonds is 2. The maximum Gasteiger partial charge on any atom is 0.263 e. The highest BCUT2D eigenvalue weighted by Gasteiger charge is 2.25. The predicted octanol–water partition coefficient (Wildman–Crippen LogP) is 3.13. The predicted molar refractivity (Wildman–Crippen MR) is 97.6 cm³/mol. The van der Waals surface area contributed by atoms with E-state index in [1.165, 1.54) is 6.20 Å². The molecule has 0 fully saturated rings. The van der Waals surface area contributed by atoms with Crippen molar-refractivity contribution in [2.24, 2.45) is 0 Å². The van der Waals surface area contributed by atoms with Crippen LogP contribution in [0.5, 0.6) is 5.75 Å². The fourth-order valence-corrected chi connectivity index (χ4v) is 3.37. The molecule has 2 heterocycles. The number of benzene rings is 2. The van der Waals surface area contributed by atoms with Crippen LogP contribution in [0.1, 0.15) is 22.3 Å². The Morgan fingerprint density at radius 1 is 1.20 bits per heavy atom. The molecule has 0 atom stereocenters. The molecule has 4 rings (SSSR count). The molecule has 5 nitrogen and oxygen atoms in total. The topological polar surface area (TPSA) is 62.4 Å². The first-order chi connectivity index (χ1) is 12.2. The highest BCUT2D eigenvalue weighted by atomic mass is 16.5. The smallest absolute Gasteiger partial charge is 0.263 e. The minimum Gasteiger partial charge on any atom is -0.497 e. The number of ether oxygens (including phenoxy) is 1. The number of carbonyl (C=O) groups is 1. The fourth-order valence-electron chi connectivity index (χ4n) is 3.37. The Balaban J connectivity index is 1.81. The van der Waals surface area contributed by atoms with E-state index in [1.54, 1.807) is 30.2 Å². The molecule has 0 radical (unpaired) electrons. The summed E-state index contributed by atoms with van der Waals surface area (Å²) in [6.07, 6.45) is 3.35. The minimum absolute atomic E-state index is 0.150. The van der Waals surface area contributed by atoms with Gasteiger partial charge in [0.15, 0.2) is 0 Å².